The molecule has 0 atom stereocenters. The van der Waals surface area contributed by atoms with Crippen LogP contribution in [0.3, 0.4) is 0 Å². The lowest BCUT2D eigenvalue weighted by molar-refractivity contribution is 0.0693. The number of hydrogen-bond donors (Lipinski definition) is 1. The van der Waals surface area contributed by atoms with E-state index < -0.39 is 5.97 Å². The second-order valence-electron chi connectivity index (χ2n) is 4.90. The van der Waals surface area contributed by atoms with Crippen LogP contribution >= 0.6 is 15.9 Å². The van der Waals surface area contributed by atoms with Gasteiger partial charge in [-0.15, -0.1) is 0 Å². The molecule has 4 nitrogen and oxygen atoms in total. The number of fused-ring (bicyclic) bond motifs is 1. The molecule has 0 fully saturated rings. The van der Waals surface area contributed by atoms with E-state index in [2.05, 4.69) is 20.9 Å². The number of ether oxygens (including phenoxy) is 1. The zero-order chi connectivity index (χ0) is 15.7. The first-order chi connectivity index (χ1) is 10.5. The van der Waals surface area contributed by atoms with Crippen LogP contribution < -0.4 is 4.74 Å². The van der Waals surface area contributed by atoms with Crippen molar-refractivity contribution in [3.63, 3.8) is 0 Å². The summed E-state index contributed by atoms with van der Waals surface area (Å²) in [6.07, 6.45) is 0. The number of pyridine rings is 1. The number of nitrogens with zero attached hydrogens (tertiary/aromatic N) is 1. The molecule has 0 radical (unpaired) electrons. The fourth-order valence-corrected chi connectivity index (χ4v) is 2.46. The third-order valence-electron chi connectivity index (χ3n) is 3.21. The average molecular weight is 358 g/mol. The largest absolute Gasteiger partial charge is 0.477 e. The van der Waals surface area contributed by atoms with E-state index in [-0.39, 0.29) is 11.4 Å². The highest BCUT2D eigenvalue weighted by Gasteiger charge is 2.15. The molecule has 0 saturated carbocycles. The number of rotatable bonds is 3. The Balaban J connectivity index is 2.10. The van der Waals surface area contributed by atoms with Gasteiger partial charge in [0.2, 0.25) is 5.88 Å². The number of benzene rings is 2. The lowest BCUT2D eigenvalue weighted by Gasteiger charge is -2.09. The minimum absolute atomic E-state index is 0.0335. The van der Waals surface area contributed by atoms with E-state index in [1.807, 2.05) is 37.3 Å². The topological polar surface area (TPSA) is 59.4 Å². The van der Waals surface area contributed by atoms with Gasteiger partial charge in [-0.2, -0.15) is 0 Å². The van der Waals surface area contributed by atoms with Gasteiger partial charge in [0.1, 0.15) is 11.3 Å². The van der Waals surface area contributed by atoms with Crippen LogP contribution in [0, 0.1) is 6.92 Å². The minimum Gasteiger partial charge on any atom is -0.477 e. The van der Waals surface area contributed by atoms with Crippen LogP contribution in [0.4, 0.5) is 0 Å². The Morgan fingerprint density at radius 1 is 1.14 bits per heavy atom. The van der Waals surface area contributed by atoms with Gasteiger partial charge >= 0.3 is 5.97 Å². The fourth-order valence-electron chi connectivity index (χ4n) is 2.08. The van der Waals surface area contributed by atoms with Crippen LogP contribution in [0.2, 0.25) is 0 Å². The molecule has 1 N–H and O–H groups in total. The van der Waals surface area contributed by atoms with Crippen molar-refractivity contribution in [3.8, 4) is 11.6 Å². The molecule has 0 saturated heterocycles. The predicted molar refractivity (Wildman–Crippen MR) is 87.7 cm³/mol. The van der Waals surface area contributed by atoms with Gasteiger partial charge in [0.15, 0.2) is 0 Å². The summed E-state index contributed by atoms with van der Waals surface area (Å²) in [5, 5.41) is 10.1. The molecule has 0 unspecified atom stereocenters. The highest BCUT2D eigenvalue weighted by molar-refractivity contribution is 9.10. The van der Waals surface area contributed by atoms with Crippen molar-refractivity contribution in [2.75, 3.05) is 0 Å². The normalized spacial score (nSPS) is 10.6. The second kappa shape index (κ2) is 5.77. The lowest BCUT2D eigenvalue weighted by Crippen LogP contribution is -2.02. The molecule has 3 rings (SSSR count). The van der Waals surface area contributed by atoms with Gasteiger partial charge in [0, 0.05) is 9.86 Å². The van der Waals surface area contributed by atoms with Crippen molar-refractivity contribution in [1.82, 2.24) is 4.98 Å². The van der Waals surface area contributed by atoms with Crippen molar-refractivity contribution in [1.29, 1.82) is 0 Å². The van der Waals surface area contributed by atoms with Crippen LogP contribution in [0.25, 0.3) is 10.9 Å². The first-order valence-electron chi connectivity index (χ1n) is 6.61. The van der Waals surface area contributed by atoms with Crippen LogP contribution in [-0.2, 0) is 0 Å². The molecule has 1 heterocycles. The van der Waals surface area contributed by atoms with E-state index in [1.165, 1.54) is 0 Å². The first kappa shape index (κ1) is 14.5. The third-order valence-corrected chi connectivity index (χ3v) is 3.70. The Labute approximate surface area is 135 Å². The fraction of sp³-hybridized carbons (Fsp3) is 0.0588. The molecule has 2 aromatic carbocycles. The van der Waals surface area contributed by atoms with Gasteiger partial charge in [-0.25, -0.2) is 9.78 Å². The van der Waals surface area contributed by atoms with E-state index in [9.17, 15) is 9.90 Å². The van der Waals surface area contributed by atoms with E-state index in [0.717, 1.165) is 15.4 Å². The highest BCUT2D eigenvalue weighted by Crippen LogP contribution is 2.28. The maximum Gasteiger partial charge on any atom is 0.341 e. The molecule has 110 valence electrons. The average Bonchev–Trinajstić information content (AvgIpc) is 2.49. The number of aryl methyl sites for hydroxylation is 1. The Morgan fingerprint density at radius 3 is 2.55 bits per heavy atom. The first-order valence-corrected chi connectivity index (χ1v) is 7.40. The van der Waals surface area contributed by atoms with E-state index in [4.69, 9.17) is 4.74 Å². The Morgan fingerprint density at radius 2 is 1.86 bits per heavy atom. The summed E-state index contributed by atoms with van der Waals surface area (Å²) in [5.41, 5.74) is 1.81. The Kier molecular flexibility index (Phi) is 3.81. The van der Waals surface area contributed by atoms with Crippen molar-refractivity contribution in [2.45, 2.75) is 6.92 Å². The maximum absolute atomic E-state index is 11.5. The lowest BCUT2D eigenvalue weighted by atomic mass is 10.1. The smallest absolute Gasteiger partial charge is 0.341 e. The zero-order valence-electron chi connectivity index (χ0n) is 11.7. The second-order valence-corrected chi connectivity index (χ2v) is 5.81. The predicted octanol–water partition coefficient (Wildman–Crippen LogP) is 4.80. The van der Waals surface area contributed by atoms with Gasteiger partial charge in [-0.3, -0.25) is 0 Å². The minimum atomic E-state index is -1.07. The summed E-state index contributed by atoms with van der Waals surface area (Å²) >= 11 is 3.37. The standard InChI is InChI=1S/C17H12BrNO3/c1-10-2-5-13(6-3-10)22-16-14(17(20)21)9-11-8-12(18)4-7-15(11)19-16/h2-9H,1H3,(H,20,21). The van der Waals surface area contributed by atoms with Gasteiger partial charge < -0.3 is 9.84 Å². The summed E-state index contributed by atoms with van der Waals surface area (Å²) in [4.78, 5) is 15.8. The molecule has 22 heavy (non-hydrogen) atoms. The van der Waals surface area contributed by atoms with Crippen LogP contribution in [0.5, 0.6) is 11.6 Å². The van der Waals surface area contributed by atoms with Crippen LogP contribution in [0.1, 0.15) is 15.9 Å². The Hall–Kier alpha value is -2.40. The molecular formula is C17H12BrNO3. The summed E-state index contributed by atoms with van der Waals surface area (Å²) in [6.45, 7) is 1.97. The van der Waals surface area contributed by atoms with Gasteiger partial charge in [-0.1, -0.05) is 33.6 Å². The van der Waals surface area contributed by atoms with E-state index in [1.54, 1.807) is 18.2 Å². The monoisotopic (exact) mass is 357 g/mol. The molecular weight excluding hydrogens is 346 g/mol. The van der Waals surface area contributed by atoms with Crippen molar-refractivity contribution in [2.24, 2.45) is 0 Å². The Bertz CT molecular complexity index is 860. The molecule has 0 aliphatic heterocycles. The zero-order valence-corrected chi connectivity index (χ0v) is 13.3. The number of carboxylic acids is 1. The van der Waals surface area contributed by atoms with Crippen molar-refractivity contribution in [3.05, 3.63) is 64.1 Å². The molecule has 0 bridgehead atoms. The molecule has 0 amide bonds. The number of halogens is 1. The number of carboxylic acid groups (broad SMARTS) is 1. The third kappa shape index (κ3) is 2.94. The molecule has 0 aliphatic rings. The SMILES string of the molecule is Cc1ccc(Oc2nc3ccc(Br)cc3cc2C(=O)O)cc1. The maximum atomic E-state index is 11.5. The number of aromatic nitrogens is 1. The molecule has 0 spiro atoms. The van der Waals surface area contributed by atoms with Crippen molar-refractivity contribution < 1.29 is 14.6 Å². The summed E-state index contributed by atoms with van der Waals surface area (Å²) < 4.78 is 6.53. The van der Waals surface area contributed by atoms with Crippen LogP contribution in [0.15, 0.2) is 53.0 Å². The van der Waals surface area contributed by atoms with Gasteiger partial charge in [0.25, 0.3) is 0 Å². The summed E-state index contributed by atoms with van der Waals surface area (Å²) in [5.74, 6) is -0.431. The molecule has 1 aromatic heterocycles. The van der Waals surface area contributed by atoms with E-state index in [0.29, 0.717) is 11.3 Å². The number of carbonyl (C=O) groups is 1. The van der Waals surface area contributed by atoms with Gasteiger partial charge in [-0.05, 0) is 43.3 Å². The van der Waals surface area contributed by atoms with E-state index >= 15 is 0 Å². The molecule has 0 aliphatic carbocycles. The quantitative estimate of drug-likeness (QED) is 0.731. The summed E-state index contributed by atoms with van der Waals surface area (Å²) in [7, 11) is 0. The van der Waals surface area contributed by atoms with Crippen molar-refractivity contribution >= 4 is 32.8 Å². The summed E-state index contributed by atoms with van der Waals surface area (Å²) in [6, 6.07) is 14.4. The highest BCUT2D eigenvalue weighted by atomic mass is 79.9. The molecule has 3 aromatic rings. The number of hydrogen-bond acceptors (Lipinski definition) is 3. The number of aromatic carboxylic acids is 1. The van der Waals surface area contributed by atoms with Gasteiger partial charge in [0.05, 0.1) is 5.52 Å². The molecule has 5 heteroatoms. The van der Waals surface area contributed by atoms with Crippen LogP contribution in [-0.4, -0.2) is 16.1 Å².